The molecule has 0 bridgehead atoms. The fraction of sp³-hybridized carbons (Fsp3) is 0.167. The third kappa shape index (κ3) is 5.24. The van der Waals surface area contributed by atoms with E-state index in [1.807, 2.05) is 18.2 Å². The summed E-state index contributed by atoms with van der Waals surface area (Å²) in [5.74, 6) is -0.839. The van der Waals surface area contributed by atoms with E-state index in [0.717, 1.165) is 9.87 Å². The number of halogens is 1. The predicted octanol–water partition coefficient (Wildman–Crippen LogP) is 3.47. The second kappa shape index (κ2) is 9.95. The molecular formula is C24H22ClN3O6S. The van der Waals surface area contributed by atoms with E-state index in [9.17, 15) is 18.0 Å². The predicted molar refractivity (Wildman–Crippen MR) is 128 cm³/mol. The molecule has 1 atom stereocenters. The van der Waals surface area contributed by atoms with Gasteiger partial charge in [0.2, 0.25) is 10.0 Å². The van der Waals surface area contributed by atoms with E-state index in [4.69, 9.17) is 20.8 Å². The van der Waals surface area contributed by atoms with Crippen LogP contribution in [0, 0.1) is 0 Å². The monoisotopic (exact) mass is 515 g/mol. The number of hydrogen-bond donors (Lipinski definition) is 1. The number of carbonyl (C=O) groups excluding carboxylic acids is 2. The topological polar surface area (TPSA) is 109 Å². The van der Waals surface area contributed by atoms with Crippen molar-refractivity contribution in [3.8, 4) is 0 Å². The molecule has 0 spiro atoms. The average Bonchev–Trinajstić information content (AvgIpc) is 3.53. The second-order valence-electron chi connectivity index (χ2n) is 7.81. The van der Waals surface area contributed by atoms with Crippen molar-refractivity contribution in [1.82, 2.24) is 14.7 Å². The lowest BCUT2D eigenvalue weighted by atomic mass is 10.1. The molecule has 1 aromatic heterocycles. The number of esters is 1. The molecule has 1 amide bonds. The number of nitrogens with zero attached hydrogens (tertiary/aromatic N) is 2. The van der Waals surface area contributed by atoms with Gasteiger partial charge in [0.25, 0.3) is 5.91 Å². The summed E-state index contributed by atoms with van der Waals surface area (Å²) in [5.41, 5.74) is 4.51. The summed E-state index contributed by atoms with van der Waals surface area (Å²) in [4.78, 5) is 25.5. The number of ether oxygens (including phenoxy) is 1. The highest BCUT2D eigenvalue weighted by atomic mass is 35.5. The van der Waals surface area contributed by atoms with Crippen LogP contribution in [0.15, 0.2) is 82.3 Å². The first-order chi connectivity index (χ1) is 16.7. The van der Waals surface area contributed by atoms with Crippen LogP contribution in [0.5, 0.6) is 0 Å². The summed E-state index contributed by atoms with van der Waals surface area (Å²) in [6, 6.07) is 15.4. The van der Waals surface area contributed by atoms with Gasteiger partial charge in [-0.1, -0.05) is 29.8 Å². The molecule has 0 fully saturated rings. The first-order valence-electron chi connectivity index (χ1n) is 10.5. The lowest BCUT2D eigenvalue weighted by Gasteiger charge is -2.23. The molecule has 4 rings (SSSR count). The van der Waals surface area contributed by atoms with Gasteiger partial charge < -0.3 is 9.15 Å². The highest BCUT2D eigenvalue weighted by Crippen LogP contribution is 2.32. The lowest BCUT2D eigenvalue weighted by Crippen LogP contribution is -2.42. The van der Waals surface area contributed by atoms with Crippen LogP contribution in [0.25, 0.3) is 5.70 Å². The maximum absolute atomic E-state index is 13.0. The van der Waals surface area contributed by atoms with Gasteiger partial charge in [0.15, 0.2) is 6.61 Å². The van der Waals surface area contributed by atoms with Crippen LogP contribution in [0.3, 0.4) is 0 Å². The van der Waals surface area contributed by atoms with E-state index in [2.05, 4.69) is 5.43 Å². The molecule has 9 nitrogen and oxygen atoms in total. The van der Waals surface area contributed by atoms with Crippen molar-refractivity contribution in [3.63, 3.8) is 0 Å². The molecule has 0 radical (unpaired) electrons. The third-order valence-electron chi connectivity index (χ3n) is 5.28. The van der Waals surface area contributed by atoms with Crippen molar-refractivity contribution < 1.29 is 27.2 Å². The largest absolute Gasteiger partial charge is 0.467 e. The molecule has 2 heterocycles. The van der Waals surface area contributed by atoms with E-state index in [-0.39, 0.29) is 10.5 Å². The van der Waals surface area contributed by atoms with Crippen LogP contribution in [0.4, 0.5) is 0 Å². The minimum atomic E-state index is -3.73. The smallest absolute Gasteiger partial charge is 0.338 e. The standard InChI is InChI=1S/C24H22ClN3O6S/c1-27(2)35(31,32)19-6-3-5-17(13-19)24(30)34-15-23(29)28-21(22-7-4-12-33-22)14-20(26-28)16-8-10-18(25)11-9-16/h3-14,21,26H,15H2,1-2H3/t21-/m1/s1. The van der Waals surface area contributed by atoms with Crippen LogP contribution in [-0.2, 0) is 19.6 Å². The van der Waals surface area contributed by atoms with Gasteiger partial charge in [0.1, 0.15) is 11.8 Å². The number of nitrogens with one attached hydrogen (secondary N) is 1. The molecule has 2 aromatic carbocycles. The Balaban J connectivity index is 1.48. The van der Waals surface area contributed by atoms with Crippen LogP contribution < -0.4 is 5.43 Å². The average molecular weight is 516 g/mol. The Kier molecular flexibility index (Phi) is 6.97. The summed E-state index contributed by atoms with van der Waals surface area (Å²) in [6.45, 7) is -0.574. The Morgan fingerprint density at radius 1 is 1.11 bits per heavy atom. The van der Waals surface area contributed by atoms with Gasteiger partial charge in [0.05, 0.1) is 22.4 Å². The molecule has 3 aromatic rings. The van der Waals surface area contributed by atoms with Gasteiger partial charge in [-0.2, -0.15) is 0 Å². The first-order valence-corrected chi connectivity index (χ1v) is 12.3. The summed E-state index contributed by atoms with van der Waals surface area (Å²) in [6.07, 6.45) is 3.32. The highest BCUT2D eigenvalue weighted by Gasteiger charge is 2.33. The summed E-state index contributed by atoms with van der Waals surface area (Å²) in [5, 5.41) is 1.89. The van der Waals surface area contributed by atoms with Gasteiger partial charge in [-0.15, -0.1) is 0 Å². The molecule has 0 saturated heterocycles. The Hall–Kier alpha value is -3.60. The molecule has 1 N–H and O–H groups in total. The zero-order valence-electron chi connectivity index (χ0n) is 18.8. The summed E-state index contributed by atoms with van der Waals surface area (Å²) >= 11 is 5.98. The zero-order chi connectivity index (χ0) is 25.2. The maximum Gasteiger partial charge on any atom is 0.338 e. The van der Waals surface area contributed by atoms with E-state index in [1.54, 1.807) is 24.3 Å². The normalized spacial score (nSPS) is 15.6. The van der Waals surface area contributed by atoms with Crippen molar-refractivity contribution in [2.75, 3.05) is 20.7 Å². The van der Waals surface area contributed by atoms with E-state index in [0.29, 0.717) is 16.5 Å². The number of benzene rings is 2. The molecule has 35 heavy (non-hydrogen) atoms. The zero-order valence-corrected chi connectivity index (χ0v) is 20.4. The van der Waals surface area contributed by atoms with Crippen LogP contribution >= 0.6 is 11.6 Å². The van der Waals surface area contributed by atoms with Crippen molar-refractivity contribution >= 4 is 39.2 Å². The molecule has 1 aliphatic heterocycles. The maximum atomic E-state index is 13.0. The number of rotatable bonds is 7. The fourth-order valence-corrected chi connectivity index (χ4v) is 4.49. The number of hydrogen-bond acceptors (Lipinski definition) is 7. The first kappa shape index (κ1) is 24.5. The van der Waals surface area contributed by atoms with Crippen molar-refractivity contribution in [2.45, 2.75) is 10.9 Å². The van der Waals surface area contributed by atoms with Crippen LogP contribution in [0.2, 0.25) is 5.02 Å². The number of carbonyl (C=O) groups is 2. The van der Waals surface area contributed by atoms with Crippen molar-refractivity contribution in [2.24, 2.45) is 0 Å². The van der Waals surface area contributed by atoms with Crippen LogP contribution in [-0.4, -0.2) is 50.3 Å². The molecule has 0 saturated carbocycles. The number of sulfonamides is 1. The van der Waals surface area contributed by atoms with E-state index < -0.39 is 34.5 Å². The summed E-state index contributed by atoms with van der Waals surface area (Å²) in [7, 11) is -0.945. The summed E-state index contributed by atoms with van der Waals surface area (Å²) < 4.78 is 36.4. The van der Waals surface area contributed by atoms with Gasteiger partial charge in [-0.05, 0) is 54.1 Å². The van der Waals surface area contributed by atoms with Crippen molar-refractivity contribution in [3.05, 3.63) is 94.9 Å². The van der Waals surface area contributed by atoms with E-state index in [1.165, 1.54) is 49.6 Å². The van der Waals surface area contributed by atoms with E-state index >= 15 is 0 Å². The molecule has 182 valence electrons. The highest BCUT2D eigenvalue weighted by molar-refractivity contribution is 7.89. The molecular weight excluding hydrogens is 494 g/mol. The number of hydrazine groups is 1. The molecule has 0 unspecified atom stereocenters. The molecule has 11 heteroatoms. The second-order valence-corrected chi connectivity index (χ2v) is 10.4. The number of furan rings is 1. The quantitative estimate of drug-likeness (QED) is 0.480. The molecule has 1 aliphatic rings. The van der Waals surface area contributed by atoms with Gasteiger partial charge >= 0.3 is 5.97 Å². The number of amides is 1. The van der Waals surface area contributed by atoms with Crippen LogP contribution in [0.1, 0.15) is 27.7 Å². The SMILES string of the molecule is CN(C)S(=O)(=O)c1cccc(C(=O)OCC(=O)N2NC(c3ccc(Cl)cc3)=C[C@@H]2c2ccco2)c1. The van der Waals surface area contributed by atoms with Gasteiger partial charge in [0, 0.05) is 19.1 Å². The third-order valence-corrected chi connectivity index (χ3v) is 7.34. The Morgan fingerprint density at radius 3 is 2.51 bits per heavy atom. The fourth-order valence-electron chi connectivity index (χ4n) is 3.42. The molecule has 0 aliphatic carbocycles. The minimum absolute atomic E-state index is 0.0117. The van der Waals surface area contributed by atoms with Gasteiger partial charge in [-0.3, -0.25) is 10.2 Å². The minimum Gasteiger partial charge on any atom is -0.467 e. The van der Waals surface area contributed by atoms with Crippen molar-refractivity contribution in [1.29, 1.82) is 0 Å². The Bertz CT molecular complexity index is 1370. The van der Waals surface area contributed by atoms with Gasteiger partial charge in [-0.25, -0.2) is 22.5 Å². The lowest BCUT2D eigenvalue weighted by molar-refractivity contribution is -0.138. The Morgan fingerprint density at radius 2 is 1.86 bits per heavy atom. The Labute approximate surface area is 207 Å².